The van der Waals surface area contributed by atoms with Gasteiger partial charge < -0.3 is 47.0 Å². The molecule has 0 bridgehead atoms. The summed E-state index contributed by atoms with van der Waals surface area (Å²) in [6, 6.07) is 7.93. The molecule has 0 unspecified atom stereocenters. The minimum atomic E-state index is -1.38. The van der Waals surface area contributed by atoms with Gasteiger partial charge in [0.05, 0.1) is 12.4 Å². The lowest BCUT2D eigenvalue weighted by Crippen LogP contribution is -2.58. The monoisotopic (exact) mass is 633 g/mol. The number of H-pyrrole nitrogens is 2. The molecule has 4 atom stereocenters. The number of benzene rings is 2. The summed E-state index contributed by atoms with van der Waals surface area (Å²) in [6.45, 7) is 0. The number of rotatable bonds is 16. The number of carbonyl (C=O) groups excluding carboxylic acids is 3. The minimum absolute atomic E-state index is 0.0265. The summed E-state index contributed by atoms with van der Waals surface area (Å²) >= 11 is 0. The highest BCUT2D eigenvalue weighted by molar-refractivity contribution is 5.94. The van der Waals surface area contributed by atoms with Crippen molar-refractivity contribution < 1.29 is 39.3 Å². The van der Waals surface area contributed by atoms with Gasteiger partial charge in [0.1, 0.15) is 23.9 Å². The summed E-state index contributed by atoms with van der Waals surface area (Å²) in [5.74, 6) is -4.97. The molecule has 4 aromatic rings. The molecule has 4 rings (SSSR count). The first kappa shape index (κ1) is 33.2. The van der Waals surface area contributed by atoms with Gasteiger partial charge in [0.2, 0.25) is 17.7 Å². The van der Waals surface area contributed by atoms with E-state index >= 15 is 0 Å². The third kappa shape index (κ3) is 9.15. The second-order valence-corrected chi connectivity index (χ2v) is 10.8. The molecule has 0 saturated heterocycles. The molecule has 0 radical (unpaired) electrons. The molecule has 0 aliphatic heterocycles. The molecule has 15 nitrogen and oxygen atoms in total. The molecule has 46 heavy (non-hydrogen) atoms. The number of nitrogens with zero attached hydrogens (tertiary/aromatic N) is 1. The molecule has 2 aromatic carbocycles. The highest BCUT2D eigenvalue weighted by atomic mass is 16.4. The standard InChI is InChI=1S/C31H35N7O8/c32-22(13-19-15-33-16-35-19)28(42)36-24(9-10-27(40)41)29(43)37-25(11-17-5-7-20(39)8-6-17)30(44)38-26(31(45)46)12-18-14-34-23-4-2-1-3-21(18)23/h1-8,14-16,22,24-26,34,39H,9-13,32H2,(H,33,35)(H,36,42)(H,37,43)(H,38,44)(H,40,41)(H,45,46)/t22-,24-,25-,26-/m0/s1. The van der Waals surface area contributed by atoms with Gasteiger partial charge >= 0.3 is 11.9 Å². The first-order valence-corrected chi connectivity index (χ1v) is 14.4. The number of nitrogens with two attached hydrogens (primary N) is 1. The Morgan fingerprint density at radius 1 is 0.804 bits per heavy atom. The van der Waals surface area contributed by atoms with E-state index in [9.17, 15) is 39.3 Å². The van der Waals surface area contributed by atoms with E-state index in [0.29, 0.717) is 16.8 Å². The van der Waals surface area contributed by atoms with Crippen LogP contribution < -0.4 is 21.7 Å². The van der Waals surface area contributed by atoms with Gasteiger partial charge in [-0.15, -0.1) is 0 Å². The summed E-state index contributed by atoms with van der Waals surface area (Å²) < 4.78 is 0. The summed E-state index contributed by atoms with van der Waals surface area (Å²) in [6.07, 6.45) is 3.67. The zero-order chi connectivity index (χ0) is 33.2. The van der Waals surface area contributed by atoms with Crippen LogP contribution in [0.1, 0.15) is 29.7 Å². The number of aromatic nitrogens is 3. The van der Waals surface area contributed by atoms with Crippen molar-refractivity contribution in [2.24, 2.45) is 5.73 Å². The molecule has 10 N–H and O–H groups in total. The van der Waals surface area contributed by atoms with Crippen LogP contribution in [-0.2, 0) is 43.2 Å². The van der Waals surface area contributed by atoms with E-state index in [0.717, 1.165) is 10.9 Å². The summed E-state index contributed by atoms with van der Waals surface area (Å²) in [5.41, 5.74) is 8.55. The largest absolute Gasteiger partial charge is 0.508 e. The number of phenolic OH excluding ortho intramolecular Hbond substituents is 1. The molecule has 3 amide bonds. The number of hydrogen-bond acceptors (Lipinski definition) is 8. The maximum atomic E-state index is 13.6. The number of carboxylic acid groups (broad SMARTS) is 2. The number of phenols is 1. The van der Waals surface area contributed by atoms with E-state index < -0.39 is 60.2 Å². The van der Waals surface area contributed by atoms with Crippen LogP contribution in [0.25, 0.3) is 10.9 Å². The molecular formula is C31H35N7O8. The number of para-hydroxylation sites is 1. The van der Waals surface area contributed by atoms with Crippen LogP contribution in [0.4, 0.5) is 0 Å². The number of nitrogens with one attached hydrogen (secondary N) is 5. The van der Waals surface area contributed by atoms with Crippen molar-refractivity contribution in [1.29, 1.82) is 0 Å². The highest BCUT2D eigenvalue weighted by Crippen LogP contribution is 2.19. The van der Waals surface area contributed by atoms with Gasteiger partial charge in [-0.1, -0.05) is 30.3 Å². The number of fused-ring (bicyclic) bond motifs is 1. The van der Waals surface area contributed by atoms with E-state index in [1.165, 1.54) is 36.8 Å². The quantitative estimate of drug-likeness (QED) is 0.0818. The van der Waals surface area contributed by atoms with E-state index in [-0.39, 0.29) is 31.4 Å². The lowest BCUT2D eigenvalue weighted by Gasteiger charge is -2.25. The topological polar surface area (TPSA) is 253 Å². The Hall–Kier alpha value is -5.70. The van der Waals surface area contributed by atoms with Gasteiger partial charge in [0.25, 0.3) is 0 Å². The third-order valence-electron chi connectivity index (χ3n) is 7.33. The maximum absolute atomic E-state index is 13.6. The van der Waals surface area contributed by atoms with Gasteiger partial charge in [-0.25, -0.2) is 9.78 Å². The van der Waals surface area contributed by atoms with E-state index in [2.05, 4.69) is 30.9 Å². The maximum Gasteiger partial charge on any atom is 0.326 e. The number of aromatic hydroxyl groups is 1. The molecular weight excluding hydrogens is 598 g/mol. The van der Waals surface area contributed by atoms with Crippen molar-refractivity contribution in [3.63, 3.8) is 0 Å². The average Bonchev–Trinajstić information content (AvgIpc) is 3.69. The fourth-order valence-electron chi connectivity index (χ4n) is 4.88. The number of carbonyl (C=O) groups is 5. The molecule has 2 aromatic heterocycles. The third-order valence-corrected chi connectivity index (χ3v) is 7.33. The first-order chi connectivity index (χ1) is 22.0. The number of imidazole rings is 1. The SMILES string of the molecule is N[C@@H](Cc1cnc[nH]1)C(=O)N[C@@H](CCC(=O)O)C(=O)N[C@@H](Cc1ccc(O)cc1)C(=O)N[C@@H](Cc1c[nH]c2ccccc12)C(=O)O. The van der Waals surface area contributed by atoms with Crippen LogP contribution in [-0.4, -0.2) is 84.1 Å². The Bertz CT molecular complexity index is 1670. The number of aromatic amines is 2. The lowest BCUT2D eigenvalue weighted by molar-refractivity contribution is -0.142. The van der Waals surface area contributed by atoms with Crippen LogP contribution in [0.2, 0.25) is 0 Å². The fraction of sp³-hybridized carbons (Fsp3) is 0.290. The van der Waals surface area contributed by atoms with E-state index in [4.69, 9.17) is 5.73 Å². The molecule has 0 aliphatic rings. The van der Waals surface area contributed by atoms with E-state index in [1.54, 1.807) is 12.3 Å². The van der Waals surface area contributed by atoms with Crippen molar-refractivity contribution in [3.8, 4) is 5.75 Å². The second kappa shape index (κ2) is 15.3. The van der Waals surface area contributed by atoms with Crippen LogP contribution in [0.3, 0.4) is 0 Å². The van der Waals surface area contributed by atoms with Crippen molar-refractivity contribution in [2.45, 2.75) is 56.3 Å². The highest BCUT2D eigenvalue weighted by Gasteiger charge is 2.31. The van der Waals surface area contributed by atoms with Gasteiger partial charge in [-0.05, 0) is 35.7 Å². The Morgan fingerprint density at radius 2 is 1.48 bits per heavy atom. The molecule has 0 saturated carbocycles. The predicted octanol–water partition coefficient (Wildman–Crippen LogP) is 0.356. The summed E-state index contributed by atoms with van der Waals surface area (Å²) in [5, 5.41) is 37.2. The van der Waals surface area contributed by atoms with Gasteiger partial charge in [-0.2, -0.15) is 0 Å². The Balaban J connectivity index is 1.53. The predicted molar refractivity (Wildman–Crippen MR) is 164 cm³/mol. The number of carboxylic acids is 2. The van der Waals surface area contributed by atoms with Crippen LogP contribution in [0.15, 0.2) is 67.3 Å². The Labute approximate surface area is 262 Å². The lowest BCUT2D eigenvalue weighted by atomic mass is 10.0. The fourth-order valence-corrected chi connectivity index (χ4v) is 4.88. The van der Waals surface area contributed by atoms with Crippen LogP contribution in [0, 0.1) is 0 Å². The normalized spacial score (nSPS) is 13.7. The van der Waals surface area contributed by atoms with E-state index in [1.807, 2.05) is 18.2 Å². The smallest absolute Gasteiger partial charge is 0.326 e. The van der Waals surface area contributed by atoms with Crippen molar-refractivity contribution >= 4 is 40.6 Å². The first-order valence-electron chi connectivity index (χ1n) is 14.4. The molecule has 0 spiro atoms. The minimum Gasteiger partial charge on any atom is -0.508 e. The van der Waals surface area contributed by atoms with Crippen molar-refractivity contribution in [3.05, 3.63) is 84.1 Å². The average molecular weight is 634 g/mol. The van der Waals surface area contributed by atoms with Crippen molar-refractivity contribution in [1.82, 2.24) is 30.9 Å². The van der Waals surface area contributed by atoms with Gasteiger partial charge in [0.15, 0.2) is 0 Å². The number of aliphatic carboxylic acids is 2. The Morgan fingerprint density at radius 3 is 2.15 bits per heavy atom. The van der Waals surface area contributed by atoms with Gasteiger partial charge in [0, 0.05) is 54.7 Å². The molecule has 0 fully saturated rings. The zero-order valence-electron chi connectivity index (χ0n) is 24.6. The van der Waals surface area contributed by atoms with Crippen molar-refractivity contribution in [2.75, 3.05) is 0 Å². The number of hydrogen-bond donors (Lipinski definition) is 9. The molecule has 2 heterocycles. The van der Waals surface area contributed by atoms with Gasteiger partial charge in [-0.3, -0.25) is 19.2 Å². The molecule has 242 valence electrons. The molecule has 0 aliphatic carbocycles. The number of amides is 3. The zero-order valence-corrected chi connectivity index (χ0v) is 24.6. The van der Waals surface area contributed by atoms with Crippen LogP contribution >= 0.6 is 0 Å². The Kier molecular flexibility index (Phi) is 11.1. The summed E-state index contributed by atoms with van der Waals surface area (Å²) in [4.78, 5) is 73.3. The second-order valence-electron chi connectivity index (χ2n) is 10.8. The van der Waals surface area contributed by atoms with Crippen LogP contribution in [0.5, 0.6) is 5.75 Å². The molecule has 15 heteroatoms. The summed E-state index contributed by atoms with van der Waals surface area (Å²) in [7, 11) is 0.